The Morgan fingerprint density at radius 2 is 2.00 bits per heavy atom. The zero-order valence-electron chi connectivity index (χ0n) is 8.18. The van der Waals surface area contributed by atoms with Crippen molar-refractivity contribution in [2.24, 2.45) is 0 Å². The number of carbonyl (C=O) groups is 2. The minimum absolute atomic E-state index is 0.00120. The molecule has 0 atom stereocenters. The number of benzene rings is 1. The average molecular weight is 305 g/mol. The minimum Gasteiger partial charge on any atom is -0.478 e. The summed E-state index contributed by atoms with van der Waals surface area (Å²) in [4.78, 5) is 21.0. The highest BCUT2D eigenvalue weighted by Crippen LogP contribution is 2.27. The third-order valence-electron chi connectivity index (χ3n) is 1.58. The van der Waals surface area contributed by atoms with Crippen molar-refractivity contribution in [2.75, 3.05) is 0 Å². The first-order valence-electron chi connectivity index (χ1n) is 4.21. The molecule has 0 heterocycles. The molecule has 2 N–H and O–H groups in total. The zero-order chi connectivity index (χ0) is 13.0. The summed E-state index contributed by atoms with van der Waals surface area (Å²) in [6.45, 7) is 0. The van der Waals surface area contributed by atoms with Gasteiger partial charge in [0, 0.05) is 0 Å². The molecule has 0 radical (unpaired) electrons. The summed E-state index contributed by atoms with van der Waals surface area (Å²) in [7, 11) is 0. The van der Waals surface area contributed by atoms with E-state index >= 15 is 0 Å². The number of halogens is 2. The second-order valence-corrected chi connectivity index (χ2v) is 3.68. The monoisotopic (exact) mass is 304 g/mol. The van der Waals surface area contributed by atoms with Gasteiger partial charge >= 0.3 is 11.9 Å². The molecule has 0 spiro atoms. The molecule has 0 aromatic heterocycles. The molecule has 90 valence electrons. The number of hydrogen-bond acceptors (Lipinski definition) is 3. The van der Waals surface area contributed by atoms with Crippen LogP contribution in [0.1, 0.15) is 0 Å². The third-order valence-corrected chi connectivity index (χ3v) is 2.20. The lowest BCUT2D eigenvalue weighted by Crippen LogP contribution is -2.10. The number of carboxylic acids is 2. The quantitative estimate of drug-likeness (QED) is 0.657. The molecule has 0 amide bonds. The van der Waals surface area contributed by atoms with Crippen LogP contribution in [0.4, 0.5) is 4.39 Å². The molecule has 1 aromatic carbocycles. The Bertz CT molecular complexity index is 497. The van der Waals surface area contributed by atoms with Crippen molar-refractivity contribution in [1.29, 1.82) is 0 Å². The fourth-order valence-corrected chi connectivity index (χ4v) is 1.36. The Balaban J connectivity index is 3.02. The van der Waals surface area contributed by atoms with Crippen LogP contribution in [0.3, 0.4) is 0 Å². The normalized spacial score (nSPS) is 11.1. The third kappa shape index (κ3) is 3.87. The van der Waals surface area contributed by atoms with E-state index in [0.29, 0.717) is 6.08 Å². The Labute approximate surface area is 103 Å². The van der Waals surface area contributed by atoms with Gasteiger partial charge in [-0.15, -0.1) is 0 Å². The van der Waals surface area contributed by atoms with Crippen molar-refractivity contribution in [1.82, 2.24) is 0 Å². The van der Waals surface area contributed by atoms with E-state index < -0.39 is 23.5 Å². The van der Waals surface area contributed by atoms with Gasteiger partial charge in [0.2, 0.25) is 5.76 Å². The van der Waals surface area contributed by atoms with Crippen LogP contribution in [0.2, 0.25) is 0 Å². The van der Waals surface area contributed by atoms with E-state index in [-0.39, 0.29) is 10.2 Å². The smallest absolute Gasteiger partial charge is 0.372 e. The largest absolute Gasteiger partial charge is 0.478 e. The minimum atomic E-state index is -1.54. The van der Waals surface area contributed by atoms with Crippen LogP contribution in [0, 0.1) is 5.82 Å². The highest BCUT2D eigenvalue weighted by Gasteiger charge is 2.14. The second-order valence-electron chi connectivity index (χ2n) is 2.83. The molecule has 0 bridgehead atoms. The van der Waals surface area contributed by atoms with Crippen molar-refractivity contribution in [3.8, 4) is 5.75 Å². The summed E-state index contributed by atoms with van der Waals surface area (Å²) in [5, 5.41) is 17.1. The van der Waals surface area contributed by atoms with Crippen LogP contribution in [0.15, 0.2) is 34.5 Å². The van der Waals surface area contributed by atoms with Crippen molar-refractivity contribution in [3.63, 3.8) is 0 Å². The van der Waals surface area contributed by atoms with Gasteiger partial charge in [-0.3, -0.25) is 0 Å². The fraction of sp³-hybridized carbons (Fsp3) is 0. The van der Waals surface area contributed by atoms with Gasteiger partial charge in [0.1, 0.15) is 11.6 Å². The number of hydrogen-bond donors (Lipinski definition) is 2. The van der Waals surface area contributed by atoms with Crippen LogP contribution in [-0.2, 0) is 9.59 Å². The number of ether oxygens (including phenoxy) is 1. The summed E-state index contributed by atoms with van der Waals surface area (Å²) < 4.78 is 17.8. The Morgan fingerprint density at radius 3 is 2.47 bits per heavy atom. The Morgan fingerprint density at radius 1 is 1.35 bits per heavy atom. The van der Waals surface area contributed by atoms with E-state index in [9.17, 15) is 14.0 Å². The van der Waals surface area contributed by atoms with Gasteiger partial charge in [0.25, 0.3) is 0 Å². The van der Waals surface area contributed by atoms with Gasteiger partial charge in [-0.25, -0.2) is 14.0 Å². The molecule has 17 heavy (non-hydrogen) atoms. The topological polar surface area (TPSA) is 83.8 Å². The maximum atomic E-state index is 12.7. The summed E-state index contributed by atoms with van der Waals surface area (Å²) >= 11 is 2.96. The van der Waals surface area contributed by atoms with Gasteiger partial charge in [-0.1, -0.05) is 0 Å². The molecule has 1 rings (SSSR count). The number of rotatable bonds is 4. The van der Waals surface area contributed by atoms with E-state index in [1.165, 1.54) is 6.07 Å². The van der Waals surface area contributed by atoms with Crippen LogP contribution >= 0.6 is 15.9 Å². The first-order chi connectivity index (χ1) is 7.90. The number of carboxylic acid groups (broad SMARTS) is 2. The van der Waals surface area contributed by atoms with Crippen molar-refractivity contribution in [2.45, 2.75) is 0 Å². The summed E-state index contributed by atoms with van der Waals surface area (Å²) in [5.74, 6) is -4.31. The van der Waals surface area contributed by atoms with Crippen molar-refractivity contribution < 1.29 is 28.9 Å². The van der Waals surface area contributed by atoms with E-state index in [1.807, 2.05) is 0 Å². The molecule has 5 nitrogen and oxygen atoms in total. The van der Waals surface area contributed by atoms with Crippen LogP contribution in [0.5, 0.6) is 5.75 Å². The lowest BCUT2D eigenvalue weighted by molar-refractivity contribution is -0.137. The average Bonchev–Trinajstić information content (AvgIpc) is 2.19. The van der Waals surface area contributed by atoms with Gasteiger partial charge in [0.15, 0.2) is 0 Å². The molecule has 0 fully saturated rings. The highest BCUT2D eigenvalue weighted by molar-refractivity contribution is 9.10. The van der Waals surface area contributed by atoms with Gasteiger partial charge < -0.3 is 14.9 Å². The maximum Gasteiger partial charge on any atom is 0.372 e. The van der Waals surface area contributed by atoms with Crippen LogP contribution in [0.25, 0.3) is 0 Å². The van der Waals surface area contributed by atoms with E-state index in [2.05, 4.69) is 15.9 Å². The van der Waals surface area contributed by atoms with Crippen molar-refractivity contribution >= 4 is 27.9 Å². The van der Waals surface area contributed by atoms with Crippen LogP contribution < -0.4 is 4.74 Å². The Kier molecular flexibility index (Phi) is 4.22. The van der Waals surface area contributed by atoms with Crippen LogP contribution in [-0.4, -0.2) is 22.2 Å². The molecular weight excluding hydrogens is 299 g/mol. The molecule has 7 heteroatoms. The summed E-state index contributed by atoms with van der Waals surface area (Å²) in [6, 6.07) is 3.30. The molecule has 0 unspecified atom stereocenters. The van der Waals surface area contributed by atoms with E-state index in [4.69, 9.17) is 14.9 Å². The molecular formula is C10H6BrFO5. The predicted molar refractivity (Wildman–Crippen MR) is 58.1 cm³/mol. The molecule has 0 saturated heterocycles. The SMILES string of the molecule is O=C(O)/C=C(\Oc1ccc(F)cc1Br)C(=O)O. The maximum absolute atomic E-state index is 12.7. The van der Waals surface area contributed by atoms with Gasteiger partial charge in [-0.2, -0.15) is 0 Å². The molecule has 0 aliphatic heterocycles. The highest BCUT2D eigenvalue weighted by atomic mass is 79.9. The van der Waals surface area contributed by atoms with Gasteiger partial charge in [0.05, 0.1) is 10.5 Å². The standard InChI is InChI=1S/C10H6BrFO5/c11-6-3-5(12)1-2-7(6)17-8(10(15)16)4-9(13)14/h1-4H,(H,13,14)(H,15,16)/b8-4-. The van der Waals surface area contributed by atoms with E-state index in [1.54, 1.807) is 0 Å². The predicted octanol–water partition coefficient (Wildman–Crippen LogP) is 2.02. The lowest BCUT2D eigenvalue weighted by atomic mass is 10.3. The fourth-order valence-electron chi connectivity index (χ4n) is 0.923. The first kappa shape index (κ1) is 13.2. The number of aliphatic carboxylic acids is 2. The summed E-state index contributed by atoms with van der Waals surface area (Å²) in [6.07, 6.45) is 0.401. The molecule has 1 aromatic rings. The zero-order valence-corrected chi connectivity index (χ0v) is 9.77. The van der Waals surface area contributed by atoms with Gasteiger partial charge in [-0.05, 0) is 34.1 Å². The second kappa shape index (κ2) is 5.44. The molecule has 0 aliphatic carbocycles. The van der Waals surface area contributed by atoms with E-state index in [0.717, 1.165) is 12.1 Å². The molecule has 0 aliphatic rings. The van der Waals surface area contributed by atoms with Crippen molar-refractivity contribution in [3.05, 3.63) is 40.3 Å². The first-order valence-corrected chi connectivity index (χ1v) is 5.00. The summed E-state index contributed by atoms with van der Waals surface area (Å²) in [5.41, 5.74) is 0. The lowest BCUT2D eigenvalue weighted by Gasteiger charge is -2.07. The molecule has 0 saturated carbocycles. The Hall–Kier alpha value is -1.89.